The second-order valence-corrected chi connectivity index (χ2v) is 4.61. The van der Waals surface area contributed by atoms with Crippen molar-refractivity contribution in [1.29, 1.82) is 0 Å². The minimum absolute atomic E-state index is 0.210. The van der Waals surface area contributed by atoms with E-state index in [0.29, 0.717) is 37.8 Å². The molecule has 1 aliphatic heterocycles. The lowest BCUT2D eigenvalue weighted by Gasteiger charge is -2.26. The Hall–Kier alpha value is -2.51. The van der Waals surface area contributed by atoms with E-state index in [1.165, 1.54) is 6.07 Å². The predicted molar refractivity (Wildman–Crippen MR) is 77.6 cm³/mol. The summed E-state index contributed by atoms with van der Waals surface area (Å²) < 4.78 is 4.94. The standard InChI is InChI=1S/C13H19N5O3/c1-3-21-13(20)18-6-4-10(5-7-18)16-17-12-14-9(2)8-11(19)15-12/h4,8,16H,3,5-7H2,1-2H3,(H2,14,15,17,19). The van der Waals surface area contributed by atoms with Gasteiger partial charge in [0.05, 0.1) is 6.61 Å². The van der Waals surface area contributed by atoms with Gasteiger partial charge in [0, 0.05) is 37.0 Å². The highest BCUT2D eigenvalue weighted by Crippen LogP contribution is 2.09. The predicted octanol–water partition coefficient (Wildman–Crippen LogP) is 0.741. The monoisotopic (exact) mass is 293 g/mol. The summed E-state index contributed by atoms with van der Waals surface area (Å²) in [4.78, 5) is 31.2. The summed E-state index contributed by atoms with van der Waals surface area (Å²) in [5, 5.41) is 0. The Morgan fingerprint density at radius 1 is 1.52 bits per heavy atom. The van der Waals surface area contributed by atoms with Crippen molar-refractivity contribution in [3.63, 3.8) is 0 Å². The zero-order valence-corrected chi connectivity index (χ0v) is 12.1. The fourth-order valence-electron chi connectivity index (χ4n) is 1.94. The van der Waals surface area contributed by atoms with Crippen LogP contribution in [0.2, 0.25) is 0 Å². The Morgan fingerprint density at radius 3 is 2.95 bits per heavy atom. The number of aryl methyl sites for hydroxylation is 1. The highest BCUT2D eigenvalue weighted by molar-refractivity contribution is 5.68. The summed E-state index contributed by atoms with van der Waals surface area (Å²) in [7, 11) is 0. The molecule has 21 heavy (non-hydrogen) atoms. The Balaban J connectivity index is 1.87. The Kier molecular flexibility index (Phi) is 4.81. The van der Waals surface area contributed by atoms with Crippen molar-refractivity contribution < 1.29 is 9.53 Å². The van der Waals surface area contributed by atoms with Crippen molar-refractivity contribution in [3.05, 3.63) is 33.9 Å². The van der Waals surface area contributed by atoms with Crippen LogP contribution in [0.25, 0.3) is 0 Å². The van der Waals surface area contributed by atoms with E-state index in [2.05, 4.69) is 20.8 Å². The molecule has 0 unspecified atom stereocenters. The van der Waals surface area contributed by atoms with Gasteiger partial charge in [-0.15, -0.1) is 0 Å². The summed E-state index contributed by atoms with van der Waals surface area (Å²) >= 11 is 0. The molecule has 0 aromatic carbocycles. The molecule has 2 heterocycles. The number of carbonyl (C=O) groups is 1. The SMILES string of the molecule is CCOC(=O)N1CC=C(NNc2nc(C)cc(=O)[nH]2)CC1. The number of aromatic amines is 1. The van der Waals surface area contributed by atoms with E-state index in [1.54, 1.807) is 18.7 Å². The van der Waals surface area contributed by atoms with Gasteiger partial charge in [0.2, 0.25) is 5.95 Å². The first-order chi connectivity index (χ1) is 10.1. The molecule has 8 heteroatoms. The third kappa shape index (κ3) is 4.23. The zero-order valence-electron chi connectivity index (χ0n) is 12.1. The number of anilines is 1. The van der Waals surface area contributed by atoms with Gasteiger partial charge in [0.25, 0.3) is 5.56 Å². The minimum atomic E-state index is -0.301. The quantitative estimate of drug-likeness (QED) is 0.708. The summed E-state index contributed by atoms with van der Waals surface area (Å²) in [6.45, 7) is 4.97. The van der Waals surface area contributed by atoms with E-state index in [1.807, 2.05) is 6.08 Å². The fraction of sp³-hybridized carbons (Fsp3) is 0.462. The van der Waals surface area contributed by atoms with Crippen LogP contribution in [0.5, 0.6) is 0 Å². The van der Waals surface area contributed by atoms with Crippen molar-refractivity contribution >= 4 is 12.0 Å². The van der Waals surface area contributed by atoms with E-state index < -0.39 is 0 Å². The third-order valence-electron chi connectivity index (χ3n) is 2.95. The summed E-state index contributed by atoms with van der Waals surface area (Å²) in [6.07, 6.45) is 2.26. The molecule has 0 spiro atoms. The number of nitrogens with one attached hydrogen (secondary N) is 3. The second kappa shape index (κ2) is 6.78. The van der Waals surface area contributed by atoms with Crippen molar-refractivity contribution in [3.8, 4) is 0 Å². The van der Waals surface area contributed by atoms with E-state index >= 15 is 0 Å². The van der Waals surface area contributed by atoms with Crippen LogP contribution in [0.15, 0.2) is 22.6 Å². The Morgan fingerprint density at radius 2 is 2.33 bits per heavy atom. The molecule has 2 rings (SSSR count). The first-order valence-electron chi connectivity index (χ1n) is 6.79. The topological polar surface area (TPSA) is 99.3 Å². The molecule has 3 N–H and O–H groups in total. The lowest BCUT2D eigenvalue weighted by atomic mass is 10.2. The number of hydrogen-bond acceptors (Lipinski definition) is 6. The molecule has 114 valence electrons. The zero-order chi connectivity index (χ0) is 15.2. The van der Waals surface area contributed by atoms with E-state index in [4.69, 9.17) is 4.74 Å². The van der Waals surface area contributed by atoms with Gasteiger partial charge < -0.3 is 15.1 Å². The first kappa shape index (κ1) is 14.9. The smallest absolute Gasteiger partial charge is 0.410 e. The summed E-state index contributed by atoms with van der Waals surface area (Å²) in [5.74, 6) is 0.355. The van der Waals surface area contributed by atoms with Crippen molar-refractivity contribution in [2.75, 3.05) is 25.1 Å². The van der Waals surface area contributed by atoms with Gasteiger partial charge >= 0.3 is 6.09 Å². The molecule has 8 nitrogen and oxygen atoms in total. The van der Waals surface area contributed by atoms with Gasteiger partial charge in [0.15, 0.2) is 0 Å². The fourth-order valence-corrected chi connectivity index (χ4v) is 1.94. The highest BCUT2D eigenvalue weighted by atomic mass is 16.6. The van der Waals surface area contributed by atoms with Crippen LogP contribution in [0, 0.1) is 6.92 Å². The Bertz CT molecular complexity index is 596. The van der Waals surface area contributed by atoms with E-state index in [0.717, 1.165) is 5.70 Å². The lowest BCUT2D eigenvalue weighted by molar-refractivity contribution is 0.110. The number of aromatic nitrogens is 2. The summed E-state index contributed by atoms with van der Waals surface area (Å²) in [6, 6.07) is 1.42. The molecule has 1 amide bonds. The molecule has 1 aliphatic rings. The molecular weight excluding hydrogens is 274 g/mol. The maximum Gasteiger partial charge on any atom is 0.410 e. The van der Waals surface area contributed by atoms with Gasteiger partial charge in [-0.25, -0.2) is 9.78 Å². The number of carbonyl (C=O) groups excluding carboxylic acids is 1. The molecule has 0 aliphatic carbocycles. The van der Waals surface area contributed by atoms with Crippen LogP contribution in [0.1, 0.15) is 19.0 Å². The van der Waals surface area contributed by atoms with Gasteiger partial charge in [-0.3, -0.25) is 15.2 Å². The molecular formula is C13H19N5O3. The van der Waals surface area contributed by atoms with Gasteiger partial charge in [0.1, 0.15) is 0 Å². The van der Waals surface area contributed by atoms with Gasteiger partial charge in [-0.05, 0) is 19.9 Å². The highest BCUT2D eigenvalue weighted by Gasteiger charge is 2.17. The molecule has 0 saturated heterocycles. The van der Waals surface area contributed by atoms with Crippen LogP contribution in [-0.2, 0) is 4.74 Å². The average molecular weight is 293 g/mol. The van der Waals surface area contributed by atoms with Crippen LogP contribution < -0.4 is 16.4 Å². The number of H-pyrrole nitrogens is 1. The Labute approximate surface area is 122 Å². The third-order valence-corrected chi connectivity index (χ3v) is 2.95. The van der Waals surface area contributed by atoms with Crippen molar-refractivity contribution in [2.45, 2.75) is 20.3 Å². The number of nitrogens with zero attached hydrogens (tertiary/aromatic N) is 2. The molecule has 1 aromatic heterocycles. The molecule has 0 radical (unpaired) electrons. The number of hydrogen-bond donors (Lipinski definition) is 3. The first-order valence-corrected chi connectivity index (χ1v) is 6.79. The number of amides is 1. The van der Waals surface area contributed by atoms with E-state index in [9.17, 15) is 9.59 Å². The molecule has 0 fully saturated rings. The number of rotatable bonds is 4. The maximum absolute atomic E-state index is 11.5. The van der Waals surface area contributed by atoms with E-state index in [-0.39, 0.29) is 11.7 Å². The van der Waals surface area contributed by atoms with Crippen molar-refractivity contribution in [2.24, 2.45) is 0 Å². The normalized spacial score (nSPS) is 14.4. The van der Waals surface area contributed by atoms with Crippen molar-refractivity contribution in [1.82, 2.24) is 20.3 Å². The number of hydrazine groups is 1. The minimum Gasteiger partial charge on any atom is -0.450 e. The van der Waals surface area contributed by atoms with Crippen LogP contribution in [0.4, 0.5) is 10.7 Å². The largest absolute Gasteiger partial charge is 0.450 e. The second-order valence-electron chi connectivity index (χ2n) is 4.61. The van der Waals surface area contributed by atoms with Gasteiger partial charge in [-0.2, -0.15) is 0 Å². The summed E-state index contributed by atoms with van der Waals surface area (Å²) in [5.41, 5.74) is 7.18. The molecule has 0 atom stereocenters. The van der Waals surface area contributed by atoms with Gasteiger partial charge in [-0.1, -0.05) is 0 Å². The molecule has 0 bridgehead atoms. The average Bonchev–Trinajstić information content (AvgIpc) is 2.45. The van der Waals surface area contributed by atoms with Crippen LogP contribution in [0.3, 0.4) is 0 Å². The molecule has 0 saturated carbocycles. The molecule has 1 aromatic rings. The van der Waals surface area contributed by atoms with Crippen LogP contribution in [-0.4, -0.2) is 40.7 Å². The van der Waals surface area contributed by atoms with Crippen LogP contribution >= 0.6 is 0 Å². The lowest BCUT2D eigenvalue weighted by Crippen LogP contribution is -2.38. The maximum atomic E-state index is 11.5. The number of ether oxygens (including phenoxy) is 1.